The number of nitrogens with zero attached hydrogens (tertiary/aromatic N) is 2. The molecule has 0 aliphatic heterocycles. The van der Waals surface area contributed by atoms with Crippen molar-refractivity contribution in [1.29, 1.82) is 0 Å². The van der Waals surface area contributed by atoms with E-state index in [1.165, 1.54) is 36.4 Å². The molecule has 0 aliphatic carbocycles. The van der Waals surface area contributed by atoms with Gasteiger partial charge in [0.05, 0.1) is 16.9 Å². The first-order valence-electron chi connectivity index (χ1n) is 8.01. The summed E-state index contributed by atoms with van der Waals surface area (Å²) in [5, 5.41) is 8.21. The Morgan fingerprint density at radius 1 is 0.833 bits per heavy atom. The first-order valence-corrected chi connectivity index (χ1v) is 10.9. The number of hydrogen-bond donors (Lipinski definition) is 1. The van der Waals surface area contributed by atoms with Crippen LogP contribution in [0.25, 0.3) is 0 Å². The number of benzene rings is 2. The van der Waals surface area contributed by atoms with Crippen molar-refractivity contribution >= 4 is 44.4 Å². The average molecular weight is 454 g/mol. The number of hydrogen-bond acceptors (Lipinski definition) is 7. The Kier molecular flexibility index (Phi) is 9.02. The van der Waals surface area contributed by atoms with Crippen molar-refractivity contribution < 1.29 is 36.3 Å². The SMILES string of the molecule is COC(=O)C=NS(=O)(=O)c1ccc(C)cc1.O=C(O)C=NS(=O)(=O)c1ccccc1. The van der Waals surface area contributed by atoms with Gasteiger partial charge in [-0.2, -0.15) is 25.6 Å². The highest BCUT2D eigenvalue weighted by Crippen LogP contribution is 2.12. The first-order chi connectivity index (χ1) is 14.0. The normalized spacial score (nSPS) is 11.7. The number of ether oxygens (including phenoxy) is 1. The van der Waals surface area contributed by atoms with Crippen molar-refractivity contribution in [2.75, 3.05) is 7.11 Å². The van der Waals surface area contributed by atoms with Gasteiger partial charge in [0.25, 0.3) is 20.0 Å². The maximum Gasteiger partial charge on any atom is 0.350 e. The van der Waals surface area contributed by atoms with Gasteiger partial charge in [0.1, 0.15) is 12.4 Å². The van der Waals surface area contributed by atoms with Gasteiger partial charge >= 0.3 is 11.9 Å². The molecule has 0 saturated carbocycles. The molecule has 0 unspecified atom stereocenters. The largest absolute Gasteiger partial charge is 0.477 e. The lowest BCUT2D eigenvalue weighted by molar-refractivity contribution is -0.132. The van der Waals surface area contributed by atoms with E-state index in [2.05, 4.69) is 13.5 Å². The number of carbonyl (C=O) groups is 2. The summed E-state index contributed by atoms with van der Waals surface area (Å²) < 4.78 is 56.1. The second kappa shape index (κ2) is 11.0. The molecule has 30 heavy (non-hydrogen) atoms. The zero-order chi connectivity index (χ0) is 22.8. The van der Waals surface area contributed by atoms with E-state index in [0.29, 0.717) is 12.4 Å². The van der Waals surface area contributed by atoms with Crippen LogP contribution in [-0.2, 0) is 34.4 Å². The molecule has 0 heterocycles. The summed E-state index contributed by atoms with van der Waals surface area (Å²) in [6, 6.07) is 13.6. The molecule has 160 valence electrons. The van der Waals surface area contributed by atoms with Crippen molar-refractivity contribution in [3.8, 4) is 0 Å². The van der Waals surface area contributed by atoms with Gasteiger partial charge in [-0.1, -0.05) is 35.9 Å². The molecule has 2 aromatic rings. The predicted molar refractivity (Wildman–Crippen MR) is 109 cm³/mol. The summed E-state index contributed by atoms with van der Waals surface area (Å²) in [6.45, 7) is 1.84. The average Bonchev–Trinajstić information content (AvgIpc) is 2.72. The minimum atomic E-state index is -3.87. The molecule has 0 bridgehead atoms. The third kappa shape index (κ3) is 8.32. The summed E-state index contributed by atoms with van der Waals surface area (Å²) in [7, 11) is -6.53. The lowest BCUT2D eigenvalue weighted by Crippen LogP contribution is -2.05. The van der Waals surface area contributed by atoms with Gasteiger partial charge in [-0.05, 0) is 31.2 Å². The maximum absolute atomic E-state index is 11.6. The fourth-order valence-corrected chi connectivity index (χ4v) is 3.38. The minimum absolute atomic E-state index is 0.0301. The molecule has 0 saturated heterocycles. The van der Waals surface area contributed by atoms with Gasteiger partial charge in [0, 0.05) is 0 Å². The van der Waals surface area contributed by atoms with Crippen LogP contribution in [0.3, 0.4) is 0 Å². The van der Waals surface area contributed by atoms with Gasteiger partial charge in [-0.3, -0.25) is 0 Å². The summed E-state index contributed by atoms with van der Waals surface area (Å²) in [6.07, 6.45) is 0.984. The zero-order valence-corrected chi connectivity index (χ0v) is 17.5. The predicted octanol–water partition coefficient (Wildman–Crippen LogP) is 1.46. The highest BCUT2D eigenvalue weighted by atomic mass is 32.2. The van der Waals surface area contributed by atoms with Gasteiger partial charge in [0.2, 0.25) is 0 Å². The monoisotopic (exact) mass is 454 g/mol. The van der Waals surface area contributed by atoms with E-state index in [1.54, 1.807) is 18.2 Å². The lowest BCUT2D eigenvalue weighted by Gasteiger charge is -1.98. The summed E-state index contributed by atoms with van der Waals surface area (Å²) in [5.74, 6) is -2.21. The fraction of sp³-hybridized carbons (Fsp3) is 0.111. The van der Waals surface area contributed by atoms with Gasteiger partial charge in [0.15, 0.2) is 0 Å². The molecule has 0 aliphatic rings. The third-order valence-electron chi connectivity index (χ3n) is 3.16. The fourth-order valence-electron chi connectivity index (χ4n) is 1.70. The topological polar surface area (TPSA) is 157 Å². The van der Waals surface area contributed by atoms with Crippen LogP contribution in [0.1, 0.15) is 5.56 Å². The van der Waals surface area contributed by atoms with E-state index in [-0.39, 0.29) is 9.79 Å². The van der Waals surface area contributed by atoms with Crippen LogP contribution in [0.2, 0.25) is 0 Å². The molecule has 0 aromatic heterocycles. The Balaban J connectivity index is 0.000000303. The summed E-state index contributed by atoms with van der Waals surface area (Å²) in [4.78, 5) is 20.8. The lowest BCUT2D eigenvalue weighted by atomic mass is 10.2. The van der Waals surface area contributed by atoms with Crippen LogP contribution in [0.15, 0.2) is 73.2 Å². The number of rotatable bonds is 6. The number of sulfonamides is 2. The molecular weight excluding hydrogens is 436 g/mol. The molecular formula is C18H18N2O8S2. The molecule has 2 rings (SSSR count). The van der Waals surface area contributed by atoms with E-state index < -0.39 is 32.0 Å². The van der Waals surface area contributed by atoms with Gasteiger partial charge in [-0.15, -0.1) is 0 Å². The maximum atomic E-state index is 11.6. The zero-order valence-electron chi connectivity index (χ0n) is 15.9. The Morgan fingerprint density at radius 3 is 1.77 bits per heavy atom. The number of aliphatic carboxylic acids is 1. The molecule has 2 aromatic carbocycles. The standard InChI is InChI=1S/C10H11NO4S.C8H7NO4S/c1-8-3-5-9(6-4-8)16(13,14)11-7-10(12)15-2;10-8(11)6-9-14(12,13)7-4-2-1-3-5-7/h3-7H,1-2H3;1-6H,(H,10,11). The van der Waals surface area contributed by atoms with Crippen LogP contribution in [0.5, 0.6) is 0 Å². The molecule has 0 spiro atoms. The summed E-state index contributed by atoms with van der Waals surface area (Å²) in [5.41, 5.74) is 0.941. The molecule has 0 atom stereocenters. The summed E-state index contributed by atoms with van der Waals surface area (Å²) >= 11 is 0. The number of carboxylic acids is 1. The van der Waals surface area contributed by atoms with Crippen molar-refractivity contribution in [3.63, 3.8) is 0 Å². The van der Waals surface area contributed by atoms with Crippen molar-refractivity contribution in [2.24, 2.45) is 8.80 Å². The molecule has 1 N–H and O–H groups in total. The van der Waals surface area contributed by atoms with E-state index in [0.717, 1.165) is 12.7 Å². The van der Waals surface area contributed by atoms with Crippen molar-refractivity contribution in [2.45, 2.75) is 16.7 Å². The number of carboxylic acid groups (broad SMARTS) is 1. The van der Waals surface area contributed by atoms with Crippen LogP contribution in [-0.4, -0.2) is 53.4 Å². The minimum Gasteiger partial charge on any atom is -0.477 e. The van der Waals surface area contributed by atoms with E-state index in [1.807, 2.05) is 6.92 Å². The van der Waals surface area contributed by atoms with E-state index >= 15 is 0 Å². The number of carbonyl (C=O) groups excluding carboxylic acids is 1. The van der Waals surface area contributed by atoms with Crippen LogP contribution < -0.4 is 0 Å². The second-order valence-corrected chi connectivity index (χ2v) is 8.67. The molecule has 0 radical (unpaired) electrons. The molecule has 10 nitrogen and oxygen atoms in total. The van der Waals surface area contributed by atoms with Crippen LogP contribution >= 0.6 is 0 Å². The first kappa shape index (κ1) is 24.7. The molecule has 0 amide bonds. The highest BCUT2D eigenvalue weighted by Gasteiger charge is 2.12. The van der Waals surface area contributed by atoms with Crippen molar-refractivity contribution in [3.05, 3.63) is 60.2 Å². The Hall–Kier alpha value is -3.38. The Labute approximate surface area is 173 Å². The smallest absolute Gasteiger partial charge is 0.350 e. The number of aryl methyl sites for hydroxylation is 1. The van der Waals surface area contributed by atoms with Gasteiger partial charge < -0.3 is 9.84 Å². The number of esters is 1. The quantitative estimate of drug-likeness (QED) is 0.508. The second-order valence-electron chi connectivity index (χ2n) is 5.41. The third-order valence-corrected chi connectivity index (χ3v) is 5.66. The highest BCUT2D eigenvalue weighted by molar-refractivity contribution is 7.90. The van der Waals surface area contributed by atoms with Gasteiger partial charge in [-0.25, -0.2) is 9.59 Å². The van der Waals surface area contributed by atoms with Crippen LogP contribution in [0, 0.1) is 6.92 Å². The van der Waals surface area contributed by atoms with Crippen LogP contribution in [0.4, 0.5) is 0 Å². The Bertz CT molecular complexity index is 1140. The van der Waals surface area contributed by atoms with Crippen molar-refractivity contribution in [1.82, 2.24) is 0 Å². The molecule has 12 heteroatoms. The van der Waals surface area contributed by atoms with E-state index in [4.69, 9.17) is 5.11 Å². The molecule has 0 fully saturated rings. The number of methoxy groups -OCH3 is 1. The Morgan fingerprint density at radius 2 is 1.30 bits per heavy atom. The van der Waals surface area contributed by atoms with E-state index in [9.17, 15) is 26.4 Å².